The third-order valence-electron chi connectivity index (χ3n) is 2.18. The Morgan fingerprint density at radius 2 is 2.18 bits per heavy atom. The third-order valence-corrected chi connectivity index (χ3v) is 2.18. The second-order valence-electron chi connectivity index (χ2n) is 3.26. The fourth-order valence-corrected chi connectivity index (χ4v) is 1.36. The Balaban J connectivity index is 2.48. The van der Waals surface area contributed by atoms with E-state index in [-0.39, 0.29) is 5.69 Å². The molecule has 2 aromatic rings. The van der Waals surface area contributed by atoms with Crippen LogP contribution in [0.4, 0.5) is 4.39 Å². The minimum atomic E-state index is -0.798. The van der Waals surface area contributed by atoms with Gasteiger partial charge in [-0.25, -0.2) is 14.2 Å². The van der Waals surface area contributed by atoms with Crippen molar-refractivity contribution in [2.45, 2.75) is 0 Å². The molecule has 17 heavy (non-hydrogen) atoms. The summed E-state index contributed by atoms with van der Waals surface area (Å²) in [4.78, 5) is 19.1. The molecule has 4 nitrogen and oxygen atoms in total. The van der Waals surface area contributed by atoms with Crippen LogP contribution < -0.4 is 0 Å². The zero-order chi connectivity index (χ0) is 12.3. The smallest absolute Gasteiger partial charge is 0.359 e. The quantitative estimate of drug-likeness (QED) is 0.744. The van der Waals surface area contributed by atoms with E-state index in [1.807, 2.05) is 0 Å². The summed E-state index contributed by atoms with van der Waals surface area (Å²) in [6.45, 7) is 0. The monoisotopic (exact) mass is 232 g/mol. The number of ether oxygens (including phenoxy) is 1. The van der Waals surface area contributed by atoms with Crippen molar-refractivity contribution in [1.29, 1.82) is 0 Å². The van der Waals surface area contributed by atoms with E-state index in [1.165, 1.54) is 19.2 Å². The van der Waals surface area contributed by atoms with Crippen molar-refractivity contribution >= 4 is 5.97 Å². The van der Waals surface area contributed by atoms with Gasteiger partial charge in [-0.3, -0.25) is 4.98 Å². The van der Waals surface area contributed by atoms with Gasteiger partial charge in [-0.2, -0.15) is 0 Å². The number of hydrogen-bond acceptors (Lipinski definition) is 4. The lowest BCUT2D eigenvalue weighted by atomic mass is 10.2. The Kier molecular flexibility index (Phi) is 3.09. The molecule has 0 amide bonds. The summed E-state index contributed by atoms with van der Waals surface area (Å²) < 4.78 is 17.8. The molecule has 2 aromatic heterocycles. The van der Waals surface area contributed by atoms with Crippen molar-refractivity contribution in [2.24, 2.45) is 0 Å². The molecule has 0 bridgehead atoms. The van der Waals surface area contributed by atoms with Gasteiger partial charge in [0.2, 0.25) is 0 Å². The maximum Gasteiger partial charge on any atom is 0.359 e. The zero-order valence-corrected chi connectivity index (χ0v) is 9.05. The predicted molar refractivity (Wildman–Crippen MR) is 58.8 cm³/mol. The topological polar surface area (TPSA) is 52.1 Å². The van der Waals surface area contributed by atoms with Crippen LogP contribution in [-0.4, -0.2) is 23.0 Å². The minimum absolute atomic E-state index is 0.325. The van der Waals surface area contributed by atoms with E-state index in [9.17, 15) is 9.18 Å². The van der Waals surface area contributed by atoms with Gasteiger partial charge in [-0.1, -0.05) is 0 Å². The number of aromatic nitrogens is 2. The first-order chi connectivity index (χ1) is 8.22. The lowest BCUT2D eigenvalue weighted by Gasteiger charge is -2.04. The van der Waals surface area contributed by atoms with Gasteiger partial charge >= 0.3 is 5.97 Å². The highest BCUT2D eigenvalue weighted by atomic mass is 19.1. The molecule has 0 radical (unpaired) electrons. The highest BCUT2D eigenvalue weighted by Crippen LogP contribution is 2.17. The van der Waals surface area contributed by atoms with Crippen LogP contribution in [-0.2, 0) is 4.74 Å². The molecule has 0 aliphatic heterocycles. The highest BCUT2D eigenvalue weighted by Gasteiger charge is 2.15. The molecule has 0 saturated heterocycles. The maximum absolute atomic E-state index is 13.3. The molecule has 0 aliphatic carbocycles. The van der Waals surface area contributed by atoms with Crippen LogP contribution in [0.15, 0.2) is 36.7 Å². The molecule has 86 valence electrons. The first kappa shape index (κ1) is 11.2. The lowest BCUT2D eigenvalue weighted by molar-refractivity contribution is 0.0588. The summed E-state index contributed by atoms with van der Waals surface area (Å²) in [7, 11) is 1.18. The van der Waals surface area contributed by atoms with Crippen molar-refractivity contribution in [1.82, 2.24) is 9.97 Å². The van der Waals surface area contributed by atoms with E-state index in [2.05, 4.69) is 14.7 Å². The second-order valence-corrected chi connectivity index (χ2v) is 3.26. The van der Waals surface area contributed by atoms with E-state index in [0.29, 0.717) is 11.3 Å². The average molecular weight is 232 g/mol. The van der Waals surface area contributed by atoms with Gasteiger partial charge in [-0.15, -0.1) is 0 Å². The first-order valence-electron chi connectivity index (χ1n) is 4.87. The Hall–Kier alpha value is -2.30. The Morgan fingerprint density at radius 1 is 1.35 bits per heavy atom. The van der Waals surface area contributed by atoms with Gasteiger partial charge in [0, 0.05) is 18.0 Å². The highest BCUT2D eigenvalue weighted by molar-refractivity contribution is 5.88. The summed E-state index contributed by atoms with van der Waals surface area (Å²) >= 11 is 0. The molecule has 0 fully saturated rings. The third kappa shape index (κ3) is 2.28. The number of rotatable bonds is 2. The average Bonchev–Trinajstić information content (AvgIpc) is 2.39. The van der Waals surface area contributed by atoms with E-state index in [4.69, 9.17) is 0 Å². The van der Waals surface area contributed by atoms with Crippen LogP contribution in [0.1, 0.15) is 10.5 Å². The Morgan fingerprint density at radius 3 is 2.82 bits per heavy atom. The first-order valence-corrected chi connectivity index (χ1v) is 4.87. The van der Waals surface area contributed by atoms with Crippen LogP contribution in [0.3, 0.4) is 0 Å². The molecule has 0 saturated carbocycles. The van der Waals surface area contributed by atoms with Crippen LogP contribution in [0, 0.1) is 5.82 Å². The summed E-state index contributed by atoms with van der Waals surface area (Å²) in [5.74, 6) is -1.50. The number of esters is 1. The summed E-state index contributed by atoms with van der Waals surface area (Å²) in [5.41, 5.74) is 0.853. The SMILES string of the molecule is COC(=O)c1nc(-c2cccnc2)ccc1F. The summed E-state index contributed by atoms with van der Waals surface area (Å²) in [6.07, 6.45) is 3.20. The Labute approximate surface area is 97.1 Å². The molecule has 2 rings (SSSR count). The van der Waals surface area contributed by atoms with E-state index < -0.39 is 11.8 Å². The summed E-state index contributed by atoms with van der Waals surface area (Å²) in [6, 6.07) is 6.17. The molecular weight excluding hydrogens is 223 g/mol. The van der Waals surface area contributed by atoms with Gasteiger partial charge in [0.05, 0.1) is 12.8 Å². The normalized spacial score (nSPS) is 10.0. The molecule has 0 aliphatic rings. The molecule has 5 heteroatoms. The fraction of sp³-hybridized carbons (Fsp3) is 0.0833. The minimum Gasteiger partial charge on any atom is -0.464 e. The number of hydrogen-bond donors (Lipinski definition) is 0. The van der Waals surface area contributed by atoms with E-state index >= 15 is 0 Å². The zero-order valence-electron chi connectivity index (χ0n) is 9.05. The van der Waals surface area contributed by atoms with Gasteiger partial charge in [0.1, 0.15) is 0 Å². The number of methoxy groups -OCH3 is 1. The van der Waals surface area contributed by atoms with Gasteiger partial charge in [0.25, 0.3) is 0 Å². The fourth-order valence-electron chi connectivity index (χ4n) is 1.36. The molecule has 2 heterocycles. The lowest BCUT2D eigenvalue weighted by Crippen LogP contribution is -2.08. The van der Waals surface area contributed by atoms with Crippen molar-refractivity contribution < 1.29 is 13.9 Å². The largest absolute Gasteiger partial charge is 0.464 e. The van der Waals surface area contributed by atoms with Crippen molar-refractivity contribution in [3.05, 3.63) is 48.2 Å². The number of halogens is 1. The van der Waals surface area contributed by atoms with Crippen LogP contribution in [0.25, 0.3) is 11.3 Å². The van der Waals surface area contributed by atoms with Crippen LogP contribution >= 0.6 is 0 Å². The van der Waals surface area contributed by atoms with E-state index in [1.54, 1.807) is 24.5 Å². The van der Waals surface area contributed by atoms with Crippen molar-refractivity contribution in [3.8, 4) is 11.3 Å². The number of pyridine rings is 2. The van der Waals surface area contributed by atoms with Crippen LogP contribution in [0.5, 0.6) is 0 Å². The van der Waals surface area contributed by atoms with Crippen molar-refractivity contribution in [3.63, 3.8) is 0 Å². The van der Waals surface area contributed by atoms with Gasteiger partial charge in [-0.05, 0) is 24.3 Å². The standard InChI is InChI=1S/C12H9FN2O2/c1-17-12(16)11-9(13)4-5-10(15-11)8-3-2-6-14-7-8/h2-7H,1H3. The molecule has 0 spiro atoms. The van der Waals surface area contributed by atoms with E-state index in [0.717, 1.165) is 0 Å². The number of carbonyl (C=O) groups excluding carboxylic acids is 1. The molecule has 0 atom stereocenters. The van der Waals surface area contributed by atoms with Crippen LogP contribution in [0.2, 0.25) is 0 Å². The molecule has 0 unspecified atom stereocenters. The Bertz CT molecular complexity index is 543. The van der Waals surface area contributed by atoms with Crippen molar-refractivity contribution in [2.75, 3.05) is 7.11 Å². The predicted octanol–water partition coefficient (Wildman–Crippen LogP) is 2.07. The number of nitrogens with zero attached hydrogens (tertiary/aromatic N) is 2. The second kappa shape index (κ2) is 4.69. The van der Waals surface area contributed by atoms with Gasteiger partial charge < -0.3 is 4.74 Å². The maximum atomic E-state index is 13.3. The van der Waals surface area contributed by atoms with Gasteiger partial charge in [0.15, 0.2) is 11.5 Å². The number of carbonyl (C=O) groups is 1. The molecule has 0 aromatic carbocycles. The molecule has 0 N–H and O–H groups in total. The molecular formula is C12H9FN2O2. The summed E-state index contributed by atoms with van der Waals surface area (Å²) in [5, 5.41) is 0.